The maximum Gasteiger partial charge on any atom is 0.416 e. The van der Waals surface area contributed by atoms with E-state index in [-0.39, 0.29) is 36.8 Å². The molecular weight excluding hydrogens is 338 g/mol. The number of benzene rings is 1. The Morgan fingerprint density at radius 2 is 1.77 bits per heavy atom. The standard InChI is InChI=1S/C14H16F3N3.2ClH/c15-14(16,17)12-4-2-1-3-11(12)13(5-6-18)20-9-7-19-8-10-20;;/h1-4,13,19H,5,7-10H2;2*1H/t13-;;/m0../s1. The number of nitrogens with zero attached hydrogens (tertiary/aromatic N) is 2. The number of nitrogens with one attached hydrogen (secondary N) is 1. The highest BCUT2D eigenvalue weighted by atomic mass is 35.5. The van der Waals surface area contributed by atoms with Gasteiger partial charge in [0.25, 0.3) is 0 Å². The molecule has 1 aromatic rings. The first kappa shape index (κ1) is 21.0. The molecule has 1 fully saturated rings. The number of nitriles is 1. The average Bonchev–Trinajstić information content (AvgIpc) is 2.45. The number of hydrogen-bond acceptors (Lipinski definition) is 3. The first-order valence-electron chi connectivity index (χ1n) is 6.52. The minimum absolute atomic E-state index is 0. The Labute approximate surface area is 140 Å². The van der Waals surface area contributed by atoms with Crippen LogP contribution in [0.4, 0.5) is 13.2 Å². The molecule has 0 aliphatic carbocycles. The Morgan fingerprint density at radius 3 is 2.32 bits per heavy atom. The van der Waals surface area contributed by atoms with Gasteiger partial charge in [-0.05, 0) is 11.6 Å². The average molecular weight is 356 g/mol. The number of alkyl halides is 3. The van der Waals surface area contributed by atoms with Crippen LogP contribution in [0.15, 0.2) is 24.3 Å². The Kier molecular flexibility index (Phi) is 8.79. The summed E-state index contributed by atoms with van der Waals surface area (Å²) in [5.74, 6) is 0. The zero-order valence-electron chi connectivity index (χ0n) is 11.8. The Hall–Kier alpha value is -1.00. The van der Waals surface area contributed by atoms with E-state index >= 15 is 0 Å². The van der Waals surface area contributed by atoms with Gasteiger partial charge in [-0.3, -0.25) is 4.90 Å². The predicted molar refractivity (Wildman–Crippen MR) is 83.4 cm³/mol. The van der Waals surface area contributed by atoms with Gasteiger partial charge in [-0.25, -0.2) is 0 Å². The molecule has 1 aliphatic rings. The summed E-state index contributed by atoms with van der Waals surface area (Å²) >= 11 is 0. The van der Waals surface area contributed by atoms with E-state index in [0.717, 1.165) is 19.2 Å². The minimum atomic E-state index is -4.39. The highest BCUT2D eigenvalue weighted by Crippen LogP contribution is 2.37. The molecule has 1 aromatic carbocycles. The van der Waals surface area contributed by atoms with Crippen molar-refractivity contribution < 1.29 is 13.2 Å². The van der Waals surface area contributed by atoms with Crippen LogP contribution >= 0.6 is 24.8 Å². The Morgan fingerprint density at radius 1 is 1.18 bits per heavy atom. The highest BCUT2D eigenvalue weighted by molar-refractivity contribution is 5.85. The lowest BCUT2D eigenvalue weighted by Crippen LogP contribution is -2.45. The van der Waals surface area contributed by atoms with Crippen LogP contribution < -0.4 is 5.32 Å². The van der Waals surface area contributed by atoms with Crippen LogP contribution in [0.3, 0.4) is 0 Å². The zero-order valence-corrected chi connectivity index (χ0v) is 13.4. The molecule has 0 bridgehead atoms. The van der Waals surface area contributed by atoms with Gasteiger partial charge in [-0.1, -0.05) is 18.2 Å². The van der Waals surface area contributed by atoms with Gasteiger partial charge in [0.1, 0.15) is 0 Å². The molecule has 22 heavy (non-hydrogen) atoms. The van der Waals surface area contributed by atoms with Crippen molar-refractivity contribution in [2.24, 2.45) is 0 Å². The number of piperazine rings is 1. The van der Waals surface area contributed by atoms with E-state index in [1.54, 1.807) is 6.07 Å². The quantitative estimate of drug-likeness (QED) is 0.902. The van der Waals surface area contributed by atoms with Crippen molar-refractivity contribution in [1.29, 1.82) is 5.26 Å². The van der Waals surface area contributed by atoms with Gasteiger partial charge in [0.2, 0.25) is 0 Å². The van der Waals surface area contributed by atoms with Crippen LogP contribution in [0, 0.1) is 11.3 Å². The third-order valence-electron chi connectivity index (χ3n) is 3.50. The van der Waals surface area contributed by atoms with Crippen molar-refractivity contribution >= 4 is 24.8 Å². The van der Waals surface area contributed by atoms with Crippen LogP contribution in [0.25, 0.3) is 0 Å². The van der Waals surface area contributed by atoms with E-state index in [9.17, 15) is 13.2 Å². The summed E-state index contributed by atoms with van der Waals surface area (Å²) in [7, 11) is 0. The molecule has 1 N–H and O–H groups in total. The lowest BCUT2D eigenvalue weighted by molar-refractivity contribution is -0.138. The van der Waals surface area contributed by atoms with E-state index in [4.69, 9.17) is 5.26 Å². The maximum absolute atomic E-state index is 13.1. The summed E-state index contributed by atoms with van der Waals surface area (Å²) in [5, 5.41) is 12.1. The molecule has 2 rings (SSSR count). The molecule has 124 valence electrons. The second-order valence-corrected chi connectivity index (χ2v) is 4.75. The van der Waals surface area contributed by atoms with Crippen molar-refractivity contribution in [2.45, 2.75) is 18.6 Å². The molecule has 0 unspecified atom stereocenters. The van der Waals surface area contributed by atoms with E-state index < -0.39 is 17.8 Å². The molecule has 1 heterocycles. The smallest absolute Gasteiger partial charge is 0.314 e. The van der Waals surface area contributed by atoms with E-state index in [1.807, 2.05) is 11.0 Å². The summed E-state index contributed by atoms with van der Waals surface area (Å²) in [5.41, 5.74) is -0.442. The molecule has 0 aromatic heterocycles. The van der Waals surface area contributed by atoms with Crippen LogP contribution in [0.2, 0.25) is 0 Å². The number of halogens is 5. The Bertz CT molecular complexity index is 497. The second kappa shape index (κ2) is 9.21. The fourth-order valence-electron chi connectivity index (χ4n) is 2.56. The maximum atomic E-state index is 13.1. The topological polar surface area (TPSA) is 39.1 Å². The van der Waals surface area contributed by atoms with Crippen LogP contribution in [-0.2, 0) is 6.18 Å². The molecular formula is C14H18Cl2F3N3. The third-order valence-corrected chi connectivity index (χ3v) is 3.50. The Balaban J connectivity index is 0.00000220. The summed E-state index contributed by atoms with van der Waals surface area (Å²) in [6.45, 7) is 2.77. The molecule has 0 spiro atoms. The molecule has 3 nitrogen and oxygen atoms in total. The molecule has 1 aliphatic heterocycles. The van der Waals surface area contributed by atoms with Gasteiger partial charge in [0, 0.05) is 32.2 Å². The summed E-state index contributed by atoms with van der Waals surface area (Å²) in [6.07, 6.45) is -4.33. The van der Waals surface area contributed by atoms with Crippen molar-refractivity contribution in [3.63, 3.8) is 0 Å². The van der Waals surface area contributed by atoms with Crippen LogP contribution in [0.1, 0.15) is 23.6 Å². The zero-order chi connectivity index (χ0) is 14.6. The predicted octanol–water partition coefficient (Wildman–Crippen LogP) is 3.41. The first-order chi connectivity index (χ1) is 9.54. The summed E-state index contributed by atoms with van der Waals surface area (Å²) in [6, 6.07) is 7.05. The SMILES string of the molecule is Cl.Cl.N#CC[C@@H](c1ccccc1C(F)(F)F)N1CCNCC1. The van der Waals surface area contributed by atoms with Crippen molar-refractivity contribution in [2.75, 3.05) is 26.2 Å². The first-order valence-corrected chi connectivity index (χ1v) is 6.52. The fourth-order valence-corrected chi connectivity index (χ4v) is 2.56. The van der Waals surface area contributed by atoms with Gasteiger partial charge in [-0.2, -0.15) is 18.4 Å². The lowest BCUT2D eigenvalue weighted by atomic mass is 9.96. The minimum Gasteiger partial charge on any atom is -0.314 e. The van der Waals surface area contributed by atoms with E-state index in [1.165, 1.54) is 12.1 Å². The fraction of sp³-hybridized carbons (Fsp3) is 0.500. The third kappa shape index (κ3) is 5.03. The van der Waals surface area contributed by atoms with Crippen molar-refractivity contribution in [1.82, 2.24) is 10.2 Å². The molecule has 0 saturated carbocycles. The molecule has 1 saturated heterocycles. The molecule has 0 amide bonds. The molecule has 8 heteroatoms. The normalized spacial score (nSPS) is 16.8. The summed E-state index contributed by atoms with van der Waals surface area (Å²) in [4.78, 5) is 1.95. The van der Waals surface area contributed by atoms with Gasteiger partial charge in [0.15, 0.2) is 0 Å². The van der Waals surface area contributed by atoms with Gasteiger partial charge in [0.05, 0.1) is 18.1 Å². The second-order valence-electron chi connectivity index (χ2n) is 4.75. The summed E-state index contributed by atoms with van der Waals surface area (Å²) < 4.78 is 39.3. The largest absolute Gasteiger partial charge is 0.416 e. The van der Waals surface area contributed by atoms with Gasteiger partial charge >= 0.3 is 6.18 Å². The van der Waals surface area contributed by atoms with Crippen LogP contribution in [0.5, 0.6) is 0 Å². The van der Waals surface area contributed by atoms with Crippen LogP contribution in [-0.4, -0.2) is 31.1 Å². The molecule has 1 atom stereocenters. The van der Waals surface area contributed by atoms with Gasteiger partial charge in [-0.15, -0.1) is 24.8 Å². The van der Waals surface area contributed by atoms with E-state index in [2.05, 4.69) is 5.32 Å². The van der Waals surface area contributed by atoms with Crippen molar-refractivity contribution in [3.05, 3.63) is 35.4 Å². The van der Waals surface area contributed by atoms with Crippen molar-refractivity contribution in [3.8, 4) is 6.07 Å². The number of hydrogen-bond donors (Lipinski definition) is 1. The monoisotopic (exact) mass is 355 g/mol. The molecule has 0 radical (unpaired) electrons. The van der Waals surface area contributed by atoms with Gasteiger partial charge < -0.3 is 5.32 Å². The highest BCUT2D eigenvalue weighted by Gasteiger charge is 2.36. The lowest BCUT2D eigenvalue weighted by Gasteiger charge is -2.35. The van der Waals surface area contributed by atoms with E-state index in [0.29, 0.717) is 13.1 Å². The number of rotatable bonds is 3.